The molecule has 7 heteroatoms. The van der Waals surface area contributed by atoms with Crippen LogP contribution in [0.4, 0.5) is 5.95 Å². The summed E-state index contributed by atoms with van der Waals surface area (Å²) in [6.07, 6.45) is 5.74. The van der Waals surface area contributed by atoms with E-state index in [1.54, 1.807) is 12.4 Å². The van der Waals surface area contributed by atoms with Gasteiger partial charge in [-0.25, -0.2) is 9.97 Å². The van der Waals surface area contributed by atoms with E-state index >= 15 is 0 Å². The van der Waals surface area contributed by atoms with Crippen LogP contribution in [0, 0.1) is 11.8 Å². The Hall–Kier alpha value is -1.73. The van der Waals surface area contributed by atoms with Gasteiger partial charge in [-0.05, 0) is 26.0 Å². The molecule has 7 nitrogen and oxygen atoms in total. The minimum Gasteiger partial charge on any atom is -0.377 e. The van der Waals surface area contributed by atoms with Crippen molar-refractivity contribution in [3.05, 3.63) is 18.5 Å². The zero-order chi connectivity index (χ0) is 17.2. The van der Waals surface area contributed by atoms with Crippen molar-refractivity contribution in [3.63, 3.8) is 0 Å². The number of nitrogens with zero attached hydrogens (tertiary/aromatic N) is 5. The molecule has 0 radical (unpaired) electrons. The highest BCUT2D eigenvalue weighted by molar-refractivity contribution is 5.79. The van der Waals surface area contributed by atoms with E-state index in [9.17, 15) is 4.79 Å². The van der Waals surface area contributed by atoms with Crippen molar-refractivity contribution < 1.29 is 9.53 Å². The van der Waals surface area contributed by atoms with E-state index < -0.39 is 0 Å². The molecule has 0 N–H and O–H groups in total. The third kappa shape index (κ3) is 3.62. The summed E-state index contributed by atoms with van der Waals surface area (Å²) < 4.78 is 6.09. The smallest absolute Gasteiger partial charge is 0.228 e. The Kier molecular flexibility index (Phi) is 4.85. The van der Waals surface area contributed by atoms with Gasteiger partial charge in [0, 0.05) is 57.6 Å². The van der Waals surface area contributed by atoms with Gasteiger partial charge in [0.25, 0.3) is 0 Å². The van der Waals surface area contributed by atoms with Gasteiger partial charge in [-0.15, -0.1) is 0 Å². The fourth-order valence-corrected chi connectivity index (χ4v) is 4.22. The van der Waals surface area contributed by atoms with Crippen molar-refractivity contribution in [2.45, 2.75) is 18.9 Å². The number of hydrogen-bond acceptors (Lipinski definition) is 6. The summed E-state index contributed by atoms with van der Waals surface area (Å²) in [5, 5.41) is 0. The molecule has 4 rings (SSSR count). The monoisotopic (exact) mass is 345 g/mol. The van der Waals surface area contributed by atoms with E-state index in [0.717, 1.165) is 58.1 Å². The normalized spacial score (nSPS) is 30.8. The Morgan fingerprint density at radius 1 is 1.16 bits per heavy atom. The van der Waals surface area contributed by atoms with Crippen LogP contribution in [0.3, 0.4) is 0 Å². The Labute approximate surface area is 149 Å². The van der Waals surface area contributed by atoms with E-state index in [2.05, 4.69) is 26.8 Å². The standard InChI is InChI=1S/C18H27N5O2/c1-21-7-9-22(10-8-21)17(24)15-11-14-12-23(6-3-16(14)25-13-15)18-19-4-2-5-20-18/h2,4-5,14-16H,3,6-13H2,1H3/t14-,15-,16+/m0/s1. The van der Waals surface area contributed by atoms with Crippen LogP contribution in [-0.4, -0.2) is 84.7 Å². The van der Waals surface area contributed by atoms with Crippen LogP contribution in [0.5, 0.6) is 0 Å². The van der Waals surface area contributed by atoms with Crippen LogP contribution in [-0.2, 0) is 9.53 Å². The highest BCUT2D eigenvalue weighted by Gasteiger charge is 2.40. The predicted octanol–water partition coefficient (Wildman–Crippen LogP) is 0.482. The van der Waals surface area contributed by atoms with Gasteiger partial charge in [0.15, 0.2) is 0 Å². The third-order valence-electron chi connectivity index (χ3n) is 5.76. The van der Waals surface area contributed by atoms with Crippen LogP contribution in [0.15, 0.2) is 18.5 Å². The number of hydrogen-bond donors (Lipinski definition) is 0. The predicted molar refractivity (Wildman–Crippen MR) is 94.3 cm³/mol. The lowest BCUT2D eigenvalue weighted by atomic mass is 9.83. The molecule has 0 spiro atoms. The van der Waals surface area contributed by atoms with Crippen LogP contribution in [0.2, 0.25) is 0 Å². The summed E-state index contributed by atoms with van der Waals surface area (Å²) in [4.78, 5) is 28.1. The number of carbonyl (C=O) groups is 1. The average Bonchev–Trinajstić information content (AvgIpc) is 2.68. The van der Waals surface area contributed by atoms with Gasteiger partial charge in [-0.3, -0.25) is 4.79 Å². The van der Waals surface area contributed by atoms with Gasteiger partial charge in [-0.2, -0.15) is 0 Å². The second kappa shape index (κ2) is 7.25. The molecule has 3 fully saturated rings. The van der Waals surface area contributed by atoms with Crippen molar-refractivity contribution >= 4 is 11.9 Å². The summed E-state index contributed by atoms with van der Waals surface area (Å²) >= 11 is 0. The van der Waals surface area contributed by atoms with E-state index in [-0.39, 0.29) is 17.9 Å². The Morgan fingerprint density at radius 2 is 1.92 bits per heavy atom. The number of carbonyl (C=O) groups excluding carboxylic acids is 1. The van der Waals surface area contributed by atoms with Crippen molar-refractivity contribution in [3.8, 4) is 0 Å². The van der Waals surface area contributed by atoms with E-state index in [1.165, 1.54) is 0 Å². The number of piperazine rings is 1. The molecule has 3 atom stereocenters. The van der Waals surface area contributed by atoms with Gasteiger partial charge in [0.05, 0.1) is 18.6 Å². The van der Waals surface area contributed by atoms with Crippen LogP contribution >= 0.6 is 0 Å². The number of aromatic nitrogens is 2. The summed E-state index contributed by atoms with van der Waals surface area (Å²) in [5.74, 6) is 1.45. The fraction of sp³-hybridized carbons (Fsp3) is 0.722. The molecule has 3 aliphatic heterocycles. The number of anilines is 1. The first-order valence-electron chi connectivity index (χ1n) is 9.31. The topological polar surface area (TPSA) is 61.8 Å². The van der Waals surface area contributed by atoms with Gasteiger partial charge < -0.3 is 19.4 Å². The average molecular weight is 345 g/mol. The lowest BCUT2D eigenvalue weighted by Gasteiger charge is -2.44. The first-order valence-corrected chi connectivity index (χ1v) is 9.31. The van der Waals surface area contributed by atoms with E-state index in [1.807, 2.05) is 11.0 Å². The Bertz CT molecular complexity index is 590. The summed E-state index contributed by atoms with van der Waals surface area (Å²) in [6.45, 7) is 5.97. The highest BCUT2D eigenvalue weighted by Crippen LogP contribution is 2.33. The first-order chi connectivity index (χ1) is 12.2. The second-order valence-electron chi connectivity index (χ2n) is 7.48. The molecule has 0 aromatic carbocycles. The number of piperidine rings is 1. The van der Waals surface area contributed by atoms with Crippen molar-refractivity contribution in [1.29, 1.82) is 0 Å². The van der Waals surface area contributed by atoms with Crippen molar-refractivity contribution in [2.24, 2.45) is 11.8 Å². The van der Waals surface area contributed by atoms with Gasteiger partial charge in [0.2, 0.25) is 11.9 Å². The molecule has 0 unspecified atom stereocenters. The molecule has 1 aromatic heterocycles. The van der Waals surface area contributed by atoms with Crippen LogP contribution in [0.25, 0.3) is 0 Å². The lowest BCUT2D eigenvalue weighted by molar-refractivity contribution is -0.147. The SMILES string of the molecule is CN1CCN(C(=O)[C@@H]2CO[C@@H]3CCN(c4ncccn4)C[C@@H]3C2)CC1. The molecule has 0 saturated carbocycles. The van der Waals surface area contributed by atoms with Crippen molar-refractivity contribution in [2.75, 3.05) is 57.8 Å². The molecule has 25 heavy (non-hydrogen) atoms. The van der Waals surface area contributed by atoms with Crippen LogP contribution < -0.4 is 4.90 Å². The van der Waals surface area contributed by atoms with E-state index in [0.29, 0.717) is 12.5 Å². The quantitative estimate of drug-likeness (QED) is 0.777. The largest absolute Gasteiger partial charge is 0.377 e. The molecule has 0 aliphatic carbocycles. The van der Waals surface area contributed by atoms with E-state index in [4.69, 9.17) is 4.74 Å². The summed E-state index contributed by atoms with van der Waals surface area (Å²) in [5.41, 5.74) is 0. The second-order valence-corrected chi connectivity index (χ2v) is 7.48. The highest BCUT2D eigenvalue weighted by atomic mass is 16.5. The lowest BCUT2D eigenvalue weighted by Crippen LogP contribution is -2.54. The minimum atomic E-state index is 0.00120. The fourth-order valence-electron chi connectivity index (χ4n) is 4.22. The number of amides is 1. The zero-order valence-corrected chi connectivity index (χ0v) is 14.9. The molecule has 3 aliphatic rings. The van der Waals surface area contributed by atoms with Gasteiger partial charge >= 0.3 is 0 Å². The summed E-state index contributed by atoms with van der Waals surface area (Å²) in [6, 6.07) is 1.84. The molecular formula is C18H27N5O2. The maximum absolute atomic E-state index is 12.9. The van der Waals surface area contributed by atoms with Crippen LogP contribution in [0.1, 0.15) is 12.8 Å². The maximum atomic E-state index is 12.9. The molecular weight excluding hydrogens is 318 g/mol. The molecule has 1 amide bonds. The Balaban J connectivity index is 1.38. The van der Waals surface area contributed by atoms with Gasteiger partial charge in [-0.1, -0.05) is 0 Å². The van der Waals surface area contributed by atoms with Gasteiger partial charge in [0.1, 0.15) is 0 Å². The number of rotatable bonds is 2. The molecule has 0 bridgehead atoms. The molecule has 4 heterocycles. The number of likely N-dealkylation sites (N-methyl/N-ethyl adjacent to an activating group) is 1. The third-order valence-corrected chi connectivity index (χ3v) is 5.76. The minimum absolute atomic E-state index is 0.00120. The number of ether oxygens (including phenoxy) is 1. The maximum Gasteiger partial charge on any atom is 0.228 e. The Morgan fingerprint density at radius 3 is 2.68 bits per heavy atom. The number of fused-ring (bicyclic) bond motifs is 1. The first kappa shape index (κ1) is 16.7. The van der Waals surface area contributed by atoms with Crippen molar-refractivity contribution in [1.82, 2.24) is 19.8 Å². The zero-order valence-electron chi connectivity index (χ0n) is 14.9. The summed E-state index contributed by atoms with van der Waals surface area (Å²) in [7, 11) is 2.11. The molecule has 3 saturated heterocycles. The molecule has 1 aromatic rings. The molecule has 136 valence electrons.